The van der Waals surface area contributed by atoms with Gasteiger partial charge in [-0.15, -0.1) is 19.8 Å². The number of alkyl halides is 3. The number of phenolic OH excluding ortho intramolecular Hbond substituents is 1. The van der Waals surface area contributed by atoms with E-state index in [1.165, 1.54) is 29.1 Å². The van der Waals surface area contributed by atoms with Crippen LogP contribution in [0.3, 0.4) is 0 Å². The van der Waals surface area contributed by atoms with Crippen LogP contribution in [0.4, 0.5) is 19.0 Å². The number of nitrogens with zero attached hydrogens (tertiary/aromatic N) is 4. The van der Waals surface area contributed by atoms with Crippen LogP contribution in [-0.2, 0) is 6.42 Å². The highest BCUT2D eigenvalue weighted by Crippen LogP contribution is 2.25. The van der Waals surface area contributed by atoms with Gasteiger partial charge in [0.25, 0.3) is 0 Å². The van der Waals surface area contributed by atoms with Crippen LogP contribution in [0.25, 0.3) is 16.9 Å². The summed E-state index contributed by atoms with van der Waals surface area (Å²) in [6, 6.07) is 13.2. The van der Waals surface area contributed by atoms with Gasteiger partial charge in [0.2, 0.25) is 5.82 Å². The Balaban J connectivity index is 1.70. The molecule has 4 rings (SSSR count). The number of ether oxygens (including phenoxy) is 1. The maximum atomic E-state index is 13.2. The first kappa shape index (κ1) is 23.5. The molecule has 178 valence electrons. The van der Waals surface area contributed by atoms with E-state index in [1.54, 1.807) is 36.4 Å². The van der Waals surface area contributed by atoms with Crippen molar-refractivity contribution in [3.8, 4) is 17.2 Å². The number of anilines is 1. The number of para-hydroxylation sites is 1. The van der Waals surface area contributed by atoms with E-state index >= 15 is 0 Å². The van der Waals surface area contributed by atoms with Gasteiger partial charge >= 0.3 is 11.9 Å². The molecule has 0 saturated heterocycles. The number of aromatic hydroxyl groups is 1. The fourth-order valence-electron chi connectivity index (χ4n) is 3.33. The quantitative estimate of drug-likeness (QED) is 0.228. The third-order valence-corrected chi connectivity index (χ3v) is 4.83. The molecule has 2 heterocycles. The number of hydrogen-bond donors (Lipinski definition) is 2. The van der Waals surface area contributed by atoms with Gasteiger partial charge < -0.3 is 9.84 Å². The number of halogens is 3. The molecule has 0 aliphatic heterocycles. The van der Waals surface area contributed by atoms with E-state index in [0.717, 1.165) is 12.1 Å². The van der Waals surface area contributed by atoms with Gasteiger partial charge in [-0.25, -0.2) is 9.97 Å². The molecule has 0 fully saturated rings. The Morgan fingerprint density at radius 1 is 1.14 bits per heavy atom. The lowest BCUT2D eigenvalue weighted by atomic mass is 10.1. The standard InChI is InChI=1S/C24H18F3N5O3/c1-2-5-15-6-3-7-16(20(15)33)14-29-31-21-23(34)32(22-19(30-21)8-4-13-28-22)17-9-11-18(12-10-17)35-24(25,26)27/h2-4,6-14,33H,1,5H2,(H,30,31)/b29-14+. The molecule has 0 saturated carbocycles. The first-order valence-electron chi connectivity index (χ1n) is 10.2. The average Bonchev–Trinajstić information content (AvgIpc) is 2.82. The fourth-order valence-corrected chi connectivity index (χ4v) is 3.33. The molecule has 0 aliphatic carbocycles. The minimum absolute atomic E-state index is 0.0344. The van der Waals surface area contributed by atoms with E-state index in [-0.39, 0.29) is 22.9 Å². The van der Waals surface area contributed by atoms with Crippen molar-refractivity contribution >= 4 is 23.2 Å². The predicted octanol–water partition coefficient (Wildman–Crippen LogP) is 4.56. The highest BCUT2D eigenvalue weighted by Gasteiger charge is 2.31. The Morgan fingerprint density at radius 2 is 1.91 bits per heavy atom. The lowest BCUT2D eigenvalue weighted by molar-refractivity contribution is -0.274. The second kappa shape index (κ2) is 9.67. The maximum absolute atomic E-state index is 13.2. The molecular formula is C24H18F3N5O3. The number of hydrogen-bond acceptors (Lipinski definition) is 7. The molecule has 0 bridgehead atoms. The number of allylic oxidation sites excluding steroid dienone is 1. The molecule has 0 radical (unpaired) electrons. The maximum Gasteiger partial charge on any atom is 0.573 e. The van der Waals surface area contributed by atoms with E-state index in [0.29, 0.717) is 23.1 Å². The summed E-state index contributed by atoms with van der Waals surface area (Å²) >= 11 is 0. The summed E-state index contributed by atoms with van der Waals surface area (Å²) < 4.78 is 42.5. The van der Waals surface area contributed by atoms with Crippen LogP contribution in [0.5, 0.6) is 11.5 Å². The monoisotopic (exact) mass is 481 g/mol. The Kier molecular flexibility index (Phi) is 6.49. The van der Waals surface area contributed by atoms with Gasteiger partial charge in [0.1, 0.15) is 17.0 Å². The van der Waals surface area contributed by atoms with Crippen molar-refractivity contribution in [2.75, 3.05) is 5.43 Å². The van der Waals surface area contributed by atoms with Gasteiger partial charge in [0, 0.05) is 11.8 Å². The van der Waals surface area contributed by atoms with Crippen molar-refractivity contribution in [3.63, 3.8) is 0 Å². The summed E-state index contributed by atoms with van der Waals surface area (Å²) in [6.07, 6.45) is 0.0939. The van der Waals surface area contributed by atoms with Crippen LogP contribution < -0.4 is 15.7 Å². The summed E-state index contributed by atoms with van der Waals surface area (Å²) in [5.41, 5.74) is 3.81. The van der Waals surface area contributed by atoms with E-state index < -0.39 is 17.7 Å². The molecule has 2 N–H and O–H groups in total. The minimum atomic E-state index is -4.84. The number of hydrazone groups is 1. The third kappa shape index (κ3) is 5.29. The molecule has 0 atom stereocenters. The van der Waals surface area contributed by atoms with Crippen molar-refractivity contribution < 1.29 is 23.0 Å². The fraction of sp³-hybridized carbons (Fsp3) is 0.0833. The van der Waals surface area contributed by atoms with Crippen molar-refractivity contribution in [2.45, 2.75) is 12.8 Å². The molecule has 8 nitrogen and oxygen atoms in total. The number of rotatable bonds is 7. The van der Waals surface area contributed by atoms with E-state index in [4.69, 9.17) is 0 Å². The predicted molar refractivity (Wildman–Crippen MR) is 125 cm³/mol. The molecule has 2 aromatic carbocycles. The average molecular weight is 481 g/mol. The van der Waals surface area contributed by atoms with Crippen molar-refractivity contribution in [2.24, 2.45) is 5.10 Å². The van der Waals surface area contributed by atoms with Crippen LogP contribution in [0, 0.1) is 0 Å². The molecule has 11 heteroatoms. The summed E-state index contributed by atoms with van der Waals surface area (Å²) in [5.74, 6) is -0.548. The second-order valence-corrected chi connectivity index (χ2v) is 7.21. The van der Waals surface area contributed by atoms with Crippen LogP contribution in [-0.4, -0.2) is 32.2 Å². The van der Waals surface area contributed by atoms with Crippen molar-refractivity contribution in [1.82, 2.24) is 14.5 Å². The lowest BCUT2D eigenvalue weighted by Crippen LogP contribution is -2.24. The topological polar surface area (TPSA) is 102 Å². The number of aromatic nitrogens is 3. The highest BCUT2D eigenvalue weighted by molar-refractivity contribution is 5.84. The largest absolute Gasteiger partial charge is 0.573 e. The molecule has 0 spiro atoms. The number of phenols is 1. The molecule has 0 amide bonds. The SMILES string of the molecule is C=CCc1cccc(/C=N/Nc2nc3cccnc3n(-c3ccc(OC(F)(F)F)cc3)c2=O)c1O. The normalized spacial score (nSPS) is 11.6. The Morgan fingerprint density at radius 3 is 2.63 bits per heavy atom. The van der Waals surface area contributed by atoms with Crippen LogP contribution in [0.1, 0.15) is 11.1 Å². The molecule has 0 unspecified atom stereocenters. The summed E-state index contributed by atoms with van der Waals surface area (Å²) in [7, 11) is 0. The number of benzene rings is 2. The minimum Gasteiger partial charge on any atom is -0.507 e. The Hall–Kier alpha value is -4.67. The zero-order valence-corrected chi connectivity index (χ0v) is 18.0. The first-order valence-corrected chi connectivity index (χ1v) is 10.2. The Labute approximate surface area is 196 Å². The zero-order chi connectivity index (χ0) is 25.0. The smallest absolute Gasteiger partial charge is 0.507 e. The first-order chi connectivity index (χ1) is 16.8. The van der Waals surface area contributed by atoms with Crippen molar-refractivity contribution in [3.05, 3.63) is 94.9 Å². The second-order valence-electron chi connectivity index (χ2n) is 7.21. The Bertz CT molecular complexity index is 1460. The zero-order valence-electron chi connectivity index (χ0n) is 18.0. The molecule has 0 aliphatic rings. The molecule has 4 aromatic rings. The number of fused-ring (bicyclic) bond motifs is 1. The summed E-state index contributed by atoms with van der Waals surface area (Å²) in [5, 5.41) is 14.4. The highest BCUT2D eigenvalue weighted by atomic mass is 19.4. The van der Waals surface area contributed by atoms with E-state index in [2.05, 4.69) is 31.8 Å². The molecule has 35 heavy (non-hydrogen) atoms. The van der Waals surface area contributed by atoms with E-state index in [1.807, 2.05) is 0 Å². The van der Waals surface area contributed by atoms with Gasteiger partial charge in [0.05, 0.1) is 11.9 Å². The van der Waals surface area contributed by atoms with Crippen LogP contribution >= 0.6 is 0 Å². The summed E-state index contributed by atoms with van der Waals surface area (Å²) in [4.78, 5) is 21.6. The number of pyridine rings is 1. The van der Waals surface area contributed by atoms with Gasteiger partial charge in [-0.1, -0.05) is 18.2 Å². The van der Waals surface area contributed by atoms with Gasteiger partial charge in [0.15, 0.2) is 5.65 Å². The molecular weight excluding hydrogens is 463 g/mol. The van der Waals surface area contributed by atoms with Crippen LogP contribution in [0.15, 0.2) is 83.3 Å². The number of nitrogens with one attached hydrogen (secondary N) is 1. The summed E-state index contributed by atoms with van der Waals surface area (Å²) in [6.45, 7) is 3.65. The third-order valence-electron chi connectivity index (χ3n) is 4.83. The van der Waals surface area contributed by atoms with Crippen LogP contribution in [0.2, 0.25) is 0 Å². The van der Waals surface area contributed by atoms with Gasteiger partial charge in [-0.2, -0.15) is 5.10 Å². The molecule has 2 aromatic heterocycles. The van der Waals surface area contributed by atoms with Gasteiger partial charge in [-0.05, 0) is 54.4 Å². The van der Waals surface area contributed by atoms with E-state index in [9.17, 15) is 23.1 Å². The van der Waals surface area contributed by atoms with Gasteiger partial charge in [-0.3, -0.25) is 14.8 Å². The lowest BCUT2D eigenvalue weighted by Gasteiger charge is -2.13. The van der Waals surface area contributed by atoms with Crippen molar-refractivity contribution in [1.29, 1.82) is 0 Å².